The Morgan fingerprint density at radius 3 is 2.87 bits per heavy atom. The smallest absolute Gasteiger partial charge is 0.229 e. The number of anilines is 3. The van der Waals surface area contributed by atoms with Gasteiger partial charge in [-0.2, -0.15) is 10.1 Å². The second-order valence-corrected chi connectivity index (χ2v) is 7.52. The van der Waals surface area contributed by atoms with Crippen molar-refractivity contribution in [2.24, 2.45) is 0 Å². The number of hydrogen-bond acceptors (Lipinski definition) is 6. The van der Waals surface area contributed by atoms with E-state index in [0.717, 1.165) is 60.5 Å². The van der Waals surface area contributed by atoms with Crippen molar-refractivity contribution in [1.82, 2.24) is 25.5 Å². The van der Waals surface area contributed by atoms with E-state index in [2.05, 4.69) is 38.7 Å². The number of benzene rings is 1. The normalized spacial score (nSPS) is 16.1. The van der Waals surface area contributed by atoms with Crippen molar-refractivity contribution >= 4 is 53.2 Å². The van der Waals surface area contributed by atoms with Gasteiger partial charge in [0, 0.05) is 42.0 Å². The molecule has 9 heteroatoms. The fourth-order valence-electron chi connectivity index (χ4n) is 3.75. The Bertz CT molecular complexity index is 931. The average Bonchev–Trinajstić information content (AvgIpc) is 3.20. The van der Waals surface area contributed by atoms with E-state index in [-0.39, 0.29) is 24.8 Å². The largest absolute Gasteiger partial charge is 0.355 e. The van der Waals surface area contributed by atoms with Crippen molar-refractivity contribution < 1.29 is 0 Å². The molecule has 164 valence electrons. The first kappa shape index (κ1) is 24.2. The maximum absolute atomic E-state index is 4.85. The minimum atomic E-state index is 0. The fourth-order valence-corrected chi connectivity index (χ4v) is 3.75. The van der Waals surface area contributed by atoms with Crippen molar-refractivity contribution in [3.05, 3.63) is 36.2 Å². The van der Waals surface area contributed by atoms with Crippen LogP contribution in [0.1, 0.15) is 38.3 Å². The molecule has 0 bridgehead atoms. The second kappa shape index (κ2) is 11.3. The topological polar surface area (TPSA) is 81.8 Å². The second-order valence-electron chi connectivity index (χ2n) is 7.52. The summed E-state index contributed by atoms with van der Waals surface area (Å²) in [5.74, 6) is 1.68. The van der Waals surface area contributed by atoms with Gasteiger partial charge < -0.3 is 15.5 Å². The van der Waals surface area contributed by atoms with Gasteiger partial charge in [-0.15, -0.1) is 24.8 Å². The van der Waals surface area contributed by atoms with E-state index in [1.54, 1.807) is 0 Å². The van der Waals surface area contributed by atoms with E-state index in [1.807, 2.05) is 31.4 Å². The first-order valence-corrected chi connectivity index (χ1v) is 10.3. The van der Waals surface area contributed by atoms with Crippen molar-refractivity contribution in [2.75, 3.05) is 30.4 Å². The molecule has 0 amide bonds. The number of likely N-dealkylation sites (N-methyl/N-ethyl adjacent to an activating group) is 1. The van der Waals surface area contributed by atoms with Crippen LogP contribution in [-0.2, 0) is 6.42 Å². The zero-order valence-corrected chi connectivity index (χ0v) is 19.2. The highest BCUT2D eigenvalue weighted by Gasteiger charge is 2.20. The Labute approximate surface area is 190 Å². The van der Waals surface area contributed by atoms with Gasteiger partial charge in [0.25, 0.3) is 0 Å². The van der Waals surface area contributed by atoms with E-state index < -0.39 is 0 Å². The lowest BCUT2D eigenvalue weighted by molar-refractivity contribution is 0.447. The fraction of sp³-hybridized carbons (Fsp3) is 0.476. The quantitative estimate of drug-likeness (QED) is 0.491. The first-order chi connectivity index (χ1) is 13.7. The zero-order valence-electron chi connectivity index (χ0n) is 17.5. The number of unbranched alkanes of at least 4 members (excludes halogenated alkanes) is 1. The number of hydrogen-bond donors (Lipinski definition) is 3. The molecule has 4 rings (SSSR count). The lowest BCUT2D eigenvalue weighted by atomic mass is 10.1. The molecule has 3 N–H and O–H groups in total. The predicted octanol–water partition coefficient (Wildman–Crippen LogP) is 4.47. The van der Waals surface area contributed by atoms with Gasteiger partial charge in [0.05, 0.1) is 11.7 Å². The third kappa shape index (κ3) is 5.74. The van der Waals surface area contributed by atoms with Crippen LogP contribution in [-0.4, -0.2) is 46.3 Å². The van der Waals surface area contributed by atoms with E-state index >= 15 is 0 Å². The van der Waals surface area contributed by atoms with Crippen LogP contribution in [0.25, 0.3) is 10.9 Å². The minimum Gasteiger partial charge on any atom is -0.355 e. The Kier molecular flexibility index (Phi) is 9.14. The number of piperidine rings is 1. The van der Waals surface area contributed by atoms with Crippen molar-refractivity contribution in [3.8, 4) is 0 Å². The molecule has 0 radical (unpaired) electrons. The van der Waals surface area contributed by atoms with Crippen molar-refractivity contribution in [1.29, 1.82) is 0 Å². The van der Waals surface area contributed by atoms with Gasteiger partial charge in [-0.25, -0.2) is 4.98 Å². The molecule has 1 aromatic carbocycles. The highest BCUT2D eigenvalue weighted by atomic mass is 35.5. The maximum Gasteiger partial charge on any atom is 0.229 e. The van der Waals surface area contributed by atoms with Crippen LogP contribution in [0.15, 0.2) is 30.5 Å². The van der Waals surface area contributed by atoms with Gasteiger partial charge in [0.15, 0.2) is 0 Å². The van der Waals surface area contributed by atoms with Crippen LogP contribution in [0, 0.1) is 0 Å². The maximum atomic E-state index is 4.85. The summed E-state index contributed by atoms with van der Waals surface area (Å²) in [6, 6.07) is 8.81. The van der Waals surface area contributed by atoms with E-state index in [1.165, 1.54) is 12.8 Å². The molecule has 7 nitrogen and oxygen atoms in total. The number of H-pyrrole nitrogens is 1. The van der Waals surface area contributed by atoms with Crippen LogP contribution in [0.3, 0.4) is 0 Å². The number of halogens is 2. The van der Waals surface area contributed by atoms with Gasteiger partial charge in [-0.3, -0.25) is 5.10 Å². The van der Waals surface area contributed by atoms with E-state index in [4.69, 9.17) is 9.97 Å². The summed E-state index contributed by atoms with van der Waals surface area (Å²) in [5.41, 5.74) is 3.06. The minimum absolute atomic E-state index is 0. The third-order valence-corrected chi connectivity index (χ3v) is 5.40. The molecule has 0 saturated carbocycles. The summed E-state index contributed by atoms with van der Waals surface area (Å²) in [5, 5.41) is 15.0. The monoisotopic (exact) mass is 451 g/mol. The van der Waals surface area contributed by atoms with Gasteiger partial charge in [-0.05, 0) is 50.9 Å². The Hall–Kier alpha value is -2.09. The van der Waals surface area contributed by atoms with Crippen LogP contribution in [0.4, 0.5) is 17.5 Å². The molecule has 3 aromatic rings. The summed E-state index contributed by atoms with van der Waals surface area (Å²) in [4.78, 5) is 12.0. The number of nitrogens with one attached hydrogen (secondary N) is 3. The van der Waals surface area contributed by atoms with Crippen LogP contribution < -0.4 is 15.5 Å². The lowest BCUT2D eigenvalue weighted by Crippen LogP contribution is -2.44. The predicted molar refractivity (Wildman–Crippen MR) is 129 cm³/mol. The molecule has 1 aliphatic heterocycles. The Morgan fingerprint density at radius 2 is 2.07 bits per heavy atom. The average molecular weight is 452 g/mol. The summed E-state index contributed by atoms with van der Waals surface area (Å²) in [7, 11) is 2.04. The standard InChI is InChI=1S/C21H29N7.2ClH/c1-3-4-6-16-12-20(28-10-5-7-18(14-28)22-2)26-21(24-16)25-17-9-8-15-13-23-27-19(15)11-17;;/h8-9,11-13,18,22H,3-7,10,14H2,1-2H3,(H,23,27)(H,24,25,26);2*1H/t18-;;/m1../s1. The molecule has 30 heavy (non-hydrogen) atoms. The van der Waals surface area contributed by atoms with Gasteiger partial charge in [-0.1, -0.05) is 13.3 Å². The lowest BCUT2D eigenvalue weighted by Gasteiger charge is -2.33. The molecule has 3 heterocycles. The summed E-state index contributed by atoms with van der Waals surface area (Å²) >= 11 is 0. The Morgan fingerprint density at radius 1 is 1.20 bits per heavy atom. The van der Waals surface area contributed by atoms with E-state index in [0.29, 0.717) is 12.0 Å². The molecule has 0 spiro atoms. The molecular formula is C21H31Cl2N7. The summed E-state index contributed by atoms with van der Waals surface area (Å²) in [6.45, 7) is 4.24. The number of rotatable bonds is 7. The molecule has 1 aliphatic rings. The van der Waals surface area contributed by atoms with Gasteiger partial charge >= 0.3 is 0 Å². The molecular weight excluding hydrogens is 421 g/mol. The van der Waals surface area contributed by atoms with Crippen LogP contribution >= 0.6 is 24.8 Å². The zero-order chi connectivity index (χ0) is 19.3. The molecule has 1 fully saturated rings. The highest BCUT2D eigenvalue weighted by molar-refractivity contribution is 5.85. The van der Waals surface area contributed by atoms with Crippen LogP contribution in [0.5, 0.6) is 0 Å². The number of aromatic nitrogens is 4. The van der Waals surface area contributed by atoms with Crippen molar-refractivity contribution in [2.45, 2.75) is 45.1 Å². The number of nitrogens with zero attached hydrogens (tertiary/aromatic N) is 4. The molecule has 1 atom stereocenters. The number of aromatic amines is 1. The molecule has 0 unspecified atom stereocenters. The van der Waals surface area contributed by atoms with Gasteiger partial charge in [0.2, 0.25) is 5.95 Å². The number of aryl methyl sites for hydroxylation is 1. The van der Waals surface area contributed by atoms with Crippen LogP contribution in [0.2, 0.25) is 0 Å². The highest BCUT2D eigenvalue weighted by Crippen LogP contribution is 2.24. The molecule has 2 aromatic heterocycles. The molecule has 1 saturated heterocycles. The van der Waals surface area contributed by atoms with E-state index in [9.17, 15) is 0 Å². The first-order valence-electron chi connectivity index (χ1n) is 10.3. The number of fused-ring (bicyclic) bond motifs is 1. The Balaban J connectivity index is 0.00000160. The molecule has 0 aliphatic carbocycles. The summed E-state index contributed by atoms with van der Waals surface area (Å²) < 4.78 is 0. The van der Waals surface area contributed by atoms with Crippen molar-refractivity contribution in [3.63, 3.8) is 0 Å². The third-order valence-electron chi connectivity index (χ3n) is 5.40. The van der Waals surface area contributed by atoms with Gasteiger partial charge in [0.1, 0.15) is 5.82 Å². The SMILES string of the molecule is CCCCc1cc(N2CCC[C@@H](NC)C2)nc(Nc2ccc3cn[nH]c3c2)n1.Cl.Cl. The summed E-state index contributed by atoms with van der Waals surface area (Å²) in [6.07, 6.45) is 7.49.